The van der Waals surface area contributed by atoms with Crippen LogP contribution in [-0.4, -0.2) is 79.7 Å². The van der Waals surface area contributed by atoms with Gasteiger partial charge in [-0.05, 0) is 68.2 Å². The van der Waals surface area contributed by atoms with E-state index in [1.54, 1.807) is 16.8 Å². The van der Waals surface area contributed by atoms with Gasteiger partial charge in [0.25, 0.3) is 5.91 Å². The lowest BCUT2D eigenvalue weighted by molar-refractivity contribution is -0.150. The van der Waals surface area contributed by atoms with E-state index >= 15 is 0 Å². The van der Waals surface area contributed by atoms with Crippen LogP contribution in [0, 0.1) is 11.8 Å². The van der Waals surface area contributed by atoms with E-state index < -0.39 is 31.5 Å². The molecule has 1 spiro atoms. The quantitative estimate of drug-likeness (QED) is 0.366. The Labute approximate surface area is 259 Å². The Balaban J connectivity index is 1.31. The molecule has 2 aromatic carbocycles. The van der Waals surface area contributed by atoms with Crippen LogP contribution in [0.1, 0.15) is 42.9 Å². The predicted molar refractivity (Wildman–Crippen MR) is 169 cm³/mol. The number of nitrogens with one attached hydrogen (secondary N) is 2. The lowest BCUT2D eigenvalue weighted by atomic mass is 9.82. The average Bonchev–Trinajstić information content (AvgIpc) is 3.42. The Bertz CT molecular complexity index is 1460. The van der Waals surface area contributed by atoms with Crippen molar-refractivity contribution in [3.63, 3.8) is 0 Å². The van der Waals surface area contributed by atoms with E-state index in [1.165, 1.54) is 0 Å². The zero-order valence-electron chi connectivity index (χ0n) is 26.0. The van der Waals surface area contributed by atoms with Crippen LogP contribution >= 0.6 is 0 Å². The molecule has 2 aromatic rings. The standard InChI is InChI=1S/C33H44N4O6Si/c1-20-30(44(3,4)42)28(16-29(39)37-18-23-9-6-5-8-21(23)14-25(37)19-38)43-33(20)26-15-24(11-12-27(26)36(2)32(33)41)35-31(40)22-10-7-13-34-17-22/h5-6,8-9,11-12,15,20,22,25,28,30,34,38,42H,7,10,13-14,16-19H2,1-4H3,(H,35,40)/t20-,22?,25+,28+,30-,33+/m1/s1. The maximum absolute atomic E-state index is 14.1. The molecule has 3 amide bonds. The first-order chi connectivity index (χ1) is 21.0. The van der Waals surface area contributed by atoms with Crippen molar-refractivity contribution in [1.82, 2.24) is 10.2 Å². The van der Waals surface area contributed by atoms with Crippen LogP contribution in [0.25, 0.3) is 0 Å². The van der Waals surface area contributed by atoms with E-state index in [0.29, 0.717) is 36.4 Å². The third-order valence-electron chi connectivity index (χ3n) is 10.3. The third-order valence-corrected chi connectivity index (χ3v) is 12.8. The Morgan fingerprint density at radius 2 is 1.93 bits per heavy atom. The third kappa shape index (κ3) is 5.18. The Kier molecular flexibility index (Phi) is 8.21. The predicted octanol–water partition coefficient (Wildman–Crippen LogP) is 2.73. The SMILES string of the molecule is C[C@@H]1[C@@H]([Si](C)(C)O)[C@H](CC(=O)N2Cc3ccccc3C[C@H]2CO)O[C@@]12C(=O)N(C)c1ccc(NC(=O)C3CCCNC3)cc12. The first-order valence-electron chi connectivity index (χ1n) is 15.8. The van der Waals surface area contributed by atoms with Crippen molar-refractivity contribution in [1.29, 1.82) is 0 Å². The number of fused-ring (bicyclic) bond motifs is 3. The van der Waals surface area contributed by atoms with E-state index in [4.69, 9.17) is 4.74 Å². The number of aliphatic hydroxyl groups excluding tert-OH is 1. The van der Waals surface area contributed by atoms with Gasteiger partial charge in [0, 0.05) is 42.8 Å². The Morgan fingerprint density at radius 1 is 1.18 bits per heavy atom. The van der Waals surface area contributed by atoms with Crippen LogP contribution in [0.15, 0.2) is 42.5 Å². The monoisotopic (exact) mass is 620 g/mol. The second-order valence-corrected chi connectivity index (χ2v) is 17.5. The van der Waals surface area contributed by atoms with Gasteiger partial charge in [-0.25, -0.2) is 0 Å². The van der Waals surface area contributed by atoms with Crippen LogP contribution in [-0.2, 0) is 37.7 Å². The fourth-order valence-electron chi connectivity index (χ4n) is 8.11. The first-order valence-corrected chi connectivity index (χ1v) is 18.8. The molecule has 6 rings (SSSR count). The summed E-state index contributed by atoms with van der Waals surface area (Å²) in [7, 11) is -1.26. The largest absolute Gasteiger partial charge is 0.432 e. The molecule has 236 valence electrons. The zero-order valence-corrected chi connectivity index (χ0v) is 27.0. The molecule has 6 atom stereocenters. The van der Waals surface area contributed by atoms with Gasteiger partial charge in [-0.15, -0.1) is 0 Å². The van der Waals surface area contributed by atoms with E-state index in [9.17, 15) is 24.3 Å². The molecule has 11 heteroatoms. The molecular weight excluding hydrogens is 576 g/mol. The van der Waals surface area contributed by atoms with Crippen molar-refractivity contribution in [2.24, 2.45) is 11.8 Å². The Hall–Kier alpha value is -3.09. The molecule has 4 aliphatic heterocycles. The molecule has 0 saturated carbocycles. The maximum Gasteiger partial charge on any atom is 0.264 e. The number of amides is 3. The molecule has 0 aliphatic carbocycles. The Morgan fingerprint density at radius 3 is 2.61 bits per heavy atom. The topological polar surface area (TPSA) is 131 Å². The number of hydrogen-bond acceptors (Lipinski definition) is 7. The van der Waals surface area contributed by atoms with Gasteiger partial charge in [-0.1, -0.05) is 31.2 Å². The van der Waals surface area contributed by atoms with Gasteiger partial charge < -0.3 is 35.1 Å². The molecule has 4 aliphatic rings. The molecule has 10 nitrogen and oxygen atoms in total. The summed E-state index contributed by atoms with van der Waals surface area (Å²) in [6, 6.07) is 13.1. The van der Waals surface area contributed by atoms with Crippen molar-refractivity contribution in [2.75, 3.05) is 37.0 Å². The number of carbonyl (C=O) groups is 3. The number of nitrogens with zero attached hydrogens (tertiary/aromatic N) is 2. The van der Waals surface area contributed by atoms with Gasteiger partial charge >= 0.3 is 0 Å². The average molecular weight is 621 g/mol. The van der Waals surface area contributed by atoms with Gasteiger partial charge in [-0.3, -0.25) is 14.4 Å². The van der Waals surface area contributed by atoms with Crippen LogP contribution < -0.4 is 15.5 Å². The molecular formula is C33H44N4O6Si. The molecule has 0 radical (unpaired) electrons. The number of benzene rings is 2. The number of hydrogen-bond donors (Lipinski definition) is 4. The van der Waals surface area contributed by atoms with Gasteiger partial charge in [0.05, 0.1) is 36.8 Å². The molecule has 2 saturated heterocycles. The fraction of sp³-hybridized carbons (Fsp3) is 0.545. The summed E-state index contributed by atoms with van der Waals surface area (Å²) in [5, 5.41) is 16.5. The molecule has 2 fully saturated rings. The number of anilines is 2. The molecule has 0 bridgehead atoms. The second kappa shape index (κ2) is 11.7. The number of aliphatic hydroxyl groups is 1. The smallest absolute Gasteiger partial charge is 0.264 e. The molecule has 4 heterocycles. The van der Waals surface area contributed by atoms with Gasteiger partial charge in [0.2, 0.25) is 11.8 Å². The highest BCUT2D eigenvalue weighted by atomic mass is 28.4. The van der Waals surface area contributed by atoms with Crippen molar-refractivity contribution in [3.8, 4) is 0 Å². The minimum atomic E-state index is -2.97. The van der Waals surface area contributed by atoms with Crippen LogP contribution in [0.4, 0.5) is 11.4 Å². The van der Waals surface area contributed by atoms with Crippen molar-refractivity contribution < 1.29 is 29.0 Å². The maximum atomic E-state index is 14.1. The highest BCUT2D eigenvalue weighted by Crippen LogP contribution is 2.59. The molecule has 0 aromatic heterocycles. The summed E-state index contributed by atoms with van der Waals surface area (Å²) in [4.78, 5) is 56.0. The summed E-state index contributed by atoms with van der Waals surface area (Å²) in [6.45, 7) is 7.39. The minimum absolute atomic E-state index is 0.0101. The lowest BCUT2D eigenvalue weighted by Crippen LogP contribution is -2.48. The van der Waals surface area contributed by atoms with Crippen LogP contribution in [0.3, 0.4) is 0 Å². The van der Waals surface area contributed by atoms with Crippen molar-refractivity contribution in [3.05, 3.63) is 59.2 Å². The number of likely N-dealkylation sites (N-methyl/N-ethyl adjacent to an activating group) is 1. The van der Waals surface area contributed by atoms with E-state index in [-0.39, 0.29) is 42.7 Å². The first kappa shape index (κ1) is 30.9. The van der Waals surface area contributed by atoms with Crippen LogP contribution in [0.2, 0.25) is 18.6 Å². The molecule has 44 heavy (non-hydrogen) atoms. The van der Waals surface area contributed by atoms with Gasteiger partial charge in [0.1, 0.15) is 0 Å². The van der Waals surface area contributed by atoms with Crippen molar-refractivity contribution in [2.45, 2.75) is 75.5 Å². The summed E-state index contributed by atoms with van der Waals surface area (Å²) in [5.41, 5.74) is 2.30. The number of piperidine rings is 1. The minimum Gasteiger partial charge on any atom is -0.432 e. The lowest BCUT2D eigenvalue weighted by Gasteiger charge is -2.37. The highest BCUT2D eigenvalue weighted by molar-refractivity contribution is 6.71. The number of ether oxygens (including phenoxy) is 1. The van der Waals surface area contributed by atoms with E-state index in [1.807, 2.05) is 62.5 Å². The van der Waals surface area contributed by atoms with Crippen LogP contribution in [0.5, 0.6) is 0 Å². The summed E-state index contributed by atoms with van der Waals surface area (Å²) < 4.78 is 6.80. The highest BCUT2D eigenvalue weighted by Gasteiger charge is 2.66. The molecule has 1 unspecified atom stereocenters. The van der Waals surface area contributed by atoms with E-state index in [0.717, 1.165) is 30.5 Å². The normalized spacial score (nSPS) is 30.0. The summed E-state index contributed by atoms with van der Waals surface area (Å²) >= 11 is 0. The number of carbonyl (C=O) groups excluding carboxylic acids is 3. The summed E-state index contributed by atoms with van der Waals surface area (Å²) in [6.07, 6.45) is 1.62. The van der Waals surface area contributed by atoms with Gasteiger partial charge in [0.15, 0.2) is 13.9 Å². The zero-order chi connectivity index (χ0) is 31.4. The second-order valence-electron chi connectivity index (χ2n) is 13.5. The number of rotatable bonds is 6. The molecule has 4 N–H and O–H groups in total. The van der Waals surface area contributed by atoms with Gasteiger partial charge in [-0.2, -0.15) is 0 Å². The summed E-state index contributed by atoms with van der Waals surface area (Å²) in [5.74, 6) is -1.01. The fourth-order valence-corrected chi connectivity index (χ4v) is 10.7. The van der Waals surface area contributed by atoms with Crippen molar-refractivity contribution >= 4 is 37.4 Å². The van der Waals surface area contributed by atoms with E-state index in [2.05, 4.69) is 10.6 Å².